The SMILES string of the molecule is N#Cc1nc([C@@H](N)CN)ccc1Cl. The lowest BCUT2D eigenvalue weighted by Crippen LogP contribution is -2.22. The first-order valence-electron chi connectivity index (χ1n) is 3.71. The Labute approximate surface area is 81.1 Å². The normalized spacial score (nSPS) is 12.2. The quantitative estimate of drug-likeness (QED) is 0.724. The number of rotatable bonds is 2. The third kappa shape index (κ3) is 2.16. The van der Waals surface area contributed by atoms with Crippen molar-refractivity contribution in [2.75, 3.05) is 6.54 Å². The summed E-state index contributed by atoms with van der Waals surface area (Å²) in [6, 6.07) is 4.79. The van der Waals surface area contributed by atoms with Crippen LogP contribution in [0.1, 0.15) is 17.4 Å². The number of hydrogen-bond donors (Lipinski definition) is 2. The minimum atomic E-state index is -0.343. The molecule has 0 aliphatic carbocycles. The van der Waals surface area contributed by atoms with Gasteiger partial charge in [0.1, 0.15) is 6.07 Å². The molecule has 0 aliphatic rings. The van der Waals surface area contributed by atoms with E-state index < -0.39 is 0 Å². The van der Waals surface area contributed by atoms with Gasteiger partial charge in [0.25, 0.3) is 0 Å². The Bertz CT molecular complexity index is 344. The van der Waals surface area contributed by atoms with Crippen LogP contribution in [0, 0.1) is 11.3 Å². The van der Waals surface area contributed by atoms with Gasteiger partial charge in [0, 0.05) is 6.54 Å². The highest BCUT2D eigenvalue weighted by molar-refractivity contribution is 6.31. The van der Waals surface area contributed by atoms with Crippen molar-refractivity contribution in [2.24, 2.45) is 11.5 Å². The van der Waals surface area contributed by atoms with Gasteiger partial charge in [-0.2, -0.15) is 5.26 Å². The Morgan fingerprint density at radius 3 is 2.85 bits per heavy atom. The molecule has 0 aromatic carbocycles. The van der Waals surface area contributed by atoms with Crippen molar-refractivity contribution >= 4 is 11.6 Å². The summed E-state index contributed by atoms with van der Waals surface area (Å²) < 4.78 is 0. The zero-order chi connectivity index (χ0) is 9.84. The third-order valence-corrected chi connectivity index (χ3v) is 1.91. The Kier molecular flexibility index (Phi) is 3.20. The predicted octanol–water partition coefficient (Wildman–Crippen LogP) is 0.565. The summed E-state index contributed by atoms with van der Waals surface area (Å²) in [5.74, 6) is 0. The lowest BCUT2D eigenvalue weighted by Gasteiger charge is -2.07. The van der Waals surface area contributed by atoms with E-state index in [1.807, 2.05) is 6.07 Å². The Hall–Kier alpha value is -1.15. The molecule has 1 heterocycles. The monoisotopic (exact) mass is 196 g/mol. The molecule has 0 bridgehead atoms. The highest BCUT2D eigenvalue weighted by atomic mass is 35.5. The Morgan fingerprint density at radius 1 is 1.62 bits per heavy atom. The molecule has 68 valence electrons. The van der Waals surface area contributed by atoms with Crippen LogP contribution in [0.4, 0.5) is 0 Å². The highest BCUT2D eigenvalue weighted by Crippen LogP contribution is 2.15. The van der Waals surface area contributed by atoms with Crippen molar-refractivity contribution in [3.05, 3.63) is 28.5 Å². The number of aromatic nitrogens is 1. The van der Waals surface area contributed by atoms with Crippen molar-refractivity contribution in [1.82, 2.24) is 4.98 Å². The van der Waals surface area contributed by atoms with E-state index in [-0.39, 0.29) is 11.7 Å². The van der Waals surface area contributed by atoms with Gasteiger partial charge in [0.05, 0.1) is 16.8 Å². The molecule has 4 N–H and O–H groups in total. The number of nitriles is 1. The minimum absolute atomic E-state index is 0.183. The maximum atomic E-state index is 8.63. The van der Waals surface area contributed by atoms with Gasteiger partial charge >= 0.3 is 0 Å². The largest absolute Gasteiger partial charge is 0.329 e. The molecule has 0 fully saturated rings. The van der Waals surface area contributed by atoms with Gasteiger partial charge in [0.2, 0.25) is 0 Å². The second-order valence-corrected chi connectivity index (χ2v) is 2.93. The Balaban J connectivity index is 3.08. The molecule has 1 aromatic heterocycles. The van der Waals surface area contributed by atoms with Crippen LogP contribution in [-0.4, -0.2) is 11.5 Å². The van der Waals surface area contributed by atoms with E-state index in [1.54, 1.807) is 12.1 Å². The van der Waals surface area contributed by atoms with Gasteiger partial charge in [-0.15, -0.1) is 0 Å². The number of pyridine rings is 1. The summed E-state index contributed by atoms with van der Waals surface area (Å²) in [7, 11) is 0. The number of nitrogens with two attached hydrogens (primary N) is 2. The average Bonchev–Trinajstić information content (AvgIpc) is 2.17. The molecule has 0 saturated carbocycles. The molecule has 0 unspecified atom stereocenters. The third-order valence-electron chi connectivity index (χ3n) is 1.61. The second-order valence-electron chi connectivity index (χ2n) is 2.52. The fourth-order valence-corrected chi connectivity index (χ4v) is 1.01. The lowest BCUT2D eigenvalue weighted by atomic mass is 10.2. The summed E-state index contributed by atoms with van der Waals surface area (Å²) in [6.45, 7) is 0.291. The maximum absolute atomic E-state index is 8.63. The number of hydrogen-bond acceptors (Lipinski definition) is 4. The van der Waals surface area contributed by atoms with Crippen molar-refractivity contribution in [3.8, 4) is 6.07 Å². The molecular formula is C8H9ClN4. The van der Waals surface area contributed by atoms with E-state index in [0.717, 1.165) is 0 Å². The van der Waals surface area contributed by atoms with Gasteiger partial charge < -0.3 is 11.5 Å². The van der Waals surface area contributed by atoms with E-state index in [1.165, 1.54) is 0 Å². The van der Waals surface area contributed by atoms with E-state index in [4.69, 9.17) is 28.3 Å². The molecule has 0 aliphatic heterocycles. The van der Waals surface area contributed by atoms with Crippen LogP contribution in [-0.2, 0) is 0 Å². The van der Waals surface area contributed by atoms with E-state index in [0.29, 0.717) is 17.3 Å². The van der Waals surface area contributed by atoms with E-state index >= 15 is 0 Å². The van der Waals surface area contributed by atoms with Crippen LogP contribution in [0.5, 0.6) is 0 Å². The first-order valence-corrected chi connectivity index (χ1v) is 4.09. The molecule has 13 heavy (non-hydrogen) atoms. The smallest absolute Gasteiger partial charge is 0.159 e. The van der Waals surface area contributed by atoms with E-state index in [9.17, 15) is 0 Å². The summed E-state index contributed by atoms with van der Waals surface area (Å²) in [6.07, 6.45) is 0. The van der Waals surface area contributed by atoms with Crippen molar-refractivity contribution in [1.29, 1.82) is 5.26 Å². The second kappa shape index (κ2) is 4.19. The zero-order valence-corrected chi connectivity index (χ0v) is 7.62. The summed E-state index contributed by atoms with van der Waals surface area (Å²) in [4.78, 5) is 3.96. The van der Waals surface area contributed by atoms with Crippen LogP contribution < -0.4 is 11.5 Å². The average molecular weight is 197 g/mol. The minimum Gasteiger partial charge on any atom is -0.329 e. The van der Waals surface area contributed by atoms with Gasteiger partial charge in [-0.05, 0) is 12.1 Å². The molecular weight excluding hydrogens is 188 g/mol. The van der Waals surface area contributed by atoms with Crippen LogP contribution in [0.2, 0.25) is 5.02 Å². The van der Waals surface area contributed by atoms with Gasteiger partial charge in [0.15, 0.2) is 5.69 Å². The summed E-state index contributed by atoms with van der Waals surface area (Å²) in [5, 5.41) is 8.96. The zero-order valence-electron chi connectivity index (χ0n) is 6.87. The first kappa shape index (κ1) is 9.93. The van der Waals surface area contributed by atoms with E-state index in [2.05, 4.69) is 4.98 Å². The topological polar surface area (TPSA) is 88.7 Å². The van der Waals surface area contributed by atoms with Crippen molar-refractivity contribution in [2.45, 2.75) is 6.04 Å². The molecule has 0 radical (unpaired) electrons. The number of halogens is 1. The van der Waals surface area contributed by atoms with Crippen molar-refractivity contribution < 1.29 is 0 Å². The molecule has 1 aromatic rings. The fourth-order valence-electron chi connectivity index (χ4n) is 0.863. The molecule has 1 atom stereocenters. The number of nitrogens with zero attached hydrogens (tertiary/aromatic N) is 2. The lowest BCUT2D eigenvalue weighted by molar-refractivity contribution is 0.710. The molecule has 4 nitrogen and oxygen atoms in total. The summed E-state index contributed by atoms with van der Waals surface area (Å²) in [5.41, 5.74) is 11.8. The molecule has 1 rings (SSSR count). The van der Waals surface area contributed by atoms with Gasteiger partial charge in [-0.1, -0.05) is 11.6 Å². The molecule has 0 spiro atoms. The standard InChI is InChI=1S/C8H9ClN4/c9-5-1-2-7(6(12)3-10)13-8(5)4-11/h1-2,6H,3,10,12H2/t6-/m0/s1. The molecule has 0 amide bonds. The van der Waals surface area contributed by atoms with Crippen LogP contribution in [0.15, 0.2) is 12.1 Å². The first-order chi connectivity index (χ1) is 6.19. The van der Waals surface area contributed by atoms with Crippen molar-refractivity contribution in [3.63, 3.8) is 0 Å². The van der Waals surface area contributed by atoms with Crippen LogP contribution in [0.3, 0.4) is 0 Å². The highest BCUT2D eigenvalue weighted by Gasteiger charge is 2.08. The fraction of sp³-hybridized carbons (Fsp3) is 0.250. The van der Waals surface area contributed by atoms with Crippen LogP contribution in [0.25, 0.3) is 0 Å². The summed E-state index contributed by atoms with van der Waals surface area (Å²) >= 11 is 5.69. The Morgan fingerprint density at radius 2 is 2.31 bits per heavy atom. The molecule has 0 saturated heterocycles. The van der Waals surface area contributed by atoms with Gasteiger partial charge in [-0.25, -0.2) is 4.98 Å². The predicted molar refractivity (Wildman–Crippen MR) is 49.9 cm³/mol. The maximum Gasteiger partial charge on any atom is 0.159 e. The van der Waals surface area contributed by atoms with Gasteiger partial charge in [-0.3, -0.25) is 0 Å². The molecule has 5 heteroatoms. The van der Waals surface area contributed by atoms with Crippen LogP contribution >= 0.6 is 11.6 Å².